The van der Waals surface area contributed by atoms with Crippen LogP contribution >= 0.6 is 11.3 Å². The minimum Gasteiger partial charge on any atom is -0.469 e. The number of rotatable bonds is 14. The minimum atomic E-state index is -3.98. The quantitative estimate of drug-likeness (QED) is 0.270. The maximum absolute atomic E-state index is 13.8. The Morgan fingerprint density at radius 2 is 1.85 bits per heavy atom. The second kappa shape index (κ2) is 14.5. The molecule has 2 aromatic carbocycles. The number of nitrogens with zero attached hydrogens (tertiary/aromatic N) is 2. The summed E-state index contributed by atoms with van der Waals surface area (Å²) in [6.07, 6.45) is -1.13. The van der Waals surface area contributed by atoms with Gasteiger partial charge in [-0.2, -0.15) is 4.31 Å². The van der Waals surface area contributed by atoms with Crippen LogP contribution in [0.2, 0.25) is 0 Å². The molecule has 0 fully saturated rings. The molecule has 3 aromatic rings. The fourth-order valence-electron chi connectivity index (χ4n) is 4.04. The number of hydrogen-bond donors (Lipinski definition) is 2. The van der Waals surface area contributed by atoms with Crippen LogP contribution in [0.15, 0.2) is 58.9 Å². The number of hydrogen-bond acceptors (Lipinski definition) is 9. The second-order valence-electron chi connectivity index (χ2n) is 9.85. The SMILES string of the molecule is CC[C@H](C)CN(C[C@@H](O)[C@H](Cc1ccccc1)NC(=O)OC[C@@H](C)C(=O)OC)S(=O)(=O)c1ccc2ncsc2c1. The van der Waals surface area contributed by atoms with Crippen molar-refractivity contribution in [3.8, 4) is 0 Å². The number of nitrogens with one attached hydrogen (secondary N) is 1. The number of fused-ring (bicyclic) bond motifs is 1. The lowest BCUT2D eigenvalue weighted by Gasteiger charge is -2.31. The number of aliphatic hydroxyl groups excluding tert-OH is 1. The third-order valence-electron chi connectivity index (χ3n) is 6.68. The maximum Gasteiger partial charge on any atom is 0.407 e. The van der Waals surface area contributed by atoms with Crippen molar-refractivity contribution in [2.45, 2.75) is 50.7 Å². The number of ether oxygens (including phenoxy) is 2. The van der Waals surface area contributed by atoms with Crippen molar-refractivity contribution < 1.29 is 32.6 Å². The molecule has 0 aliphatic heterocycles. The molecule has 40 heavy (non-hydrogen) atoms. The van der Waals surface area contributed by atoms with E-state index in [2.05, 4.69) is 15.0 Å². The van der Waals surface area contributed by atoms with E-state index in [-0.39, 0.29) is 36.9 Å². The summed E-state index contributed by atoms with van der Waals surface area (Å²) in [5.41, 5.74) is 3.21. The van der Waals surface area contributed by atoms with Crippen LogP contribution < -0.4 is 5.32 Å². The lowest BCUT2D eigenvalue weighted by Crippen LogP contribution is -2.51. The van der Waals surface area contributed by atoms with Gasteiger partial charge in [-0.3, -0.25) is 4.79 Å². The number of benzene rings is 2. The van der Waals surface area contributed by atoms with Crippen LogP contribution in [0.3, 0.4) is 0 Å². The Morgan fingerprint density at radius 1 is 1.12 bits per heavy atom. The molecule has 3 rings (SSSR count). The Bertz CT molecular complexity index is 1360. The number of carbonyl (C=O) groups is 2. The molecule has 0 radical (unpaired) electrons. The van der Waals surface area contributed by atoms with Crippen molar-refractivity contribution in [3.05, 3.63) is 59.6 Å². The molecule has 218 valence electrons. The third kappa shape index (κ3) is 8.47. The Labute approximate surface area is 239 Å². The average Bonchev–Trinajstić information content (AvgIpc) is 3.43. The zero-order valence-corrected chi connectivity index (χ0v) is 24.8. The molecule has 1 amide bonds. The zero-order chi connectivity index (χ0) is 29.3. The Hall–Kier alpha value is -3.06. The highest BCUT2D eigenvalue weighted by atomic mass is 32.2. The Balaban J connectivity index is 1.84. The summed E-state index contributed by atoms with van der Waals surface area (Å²) in [6.45, 7) is 5.22. The number of thiazole rings is 1. The number of amides is 1. The number of carbonyl (C=O) groups excluding carboxylic acids is 2. The highest BCUT2D eigenvalue weighted by Crippen LogP contribution is 2.25. The van der Waals surface area contributed by atoms with Gasteiger partial charge in [0.25, 0.3) is 0 Å². The van der Waals surface area contributed by atoms with Gasteiger partial charge in [-0.25, -0.2) is 18.2 Å². The van der Waals surface area contributed by atoms with Crippen molar-refractivity contribution in [3.63, 3.8) is 0 Å². The topological polar surface area (TPSA) is 135 Å². The monoisotopic (exact) mass is 591 g/mol. The standard InChI is InChI=1S/C28H37N3O7S2/c1-5-19(2)15-31(40(35,36)22-11-12-23-26(14-22)39-18-29-23)16-25(32)24(13-21-9-7-6-8-10-21)30-28(34)38-17-20(3)27(33)37-4/h6-12,14,18-20,24-25,32H,5,13,15-17H2,1-4H3,(H,30,34)/t19-,20+,24-,25+/m0/s1. The lowest BCUT2D eigenvalue weighted by atomic mass is 10.0. The van der Waals surface area contributed by atoms with Crippen molar-refractivity contribution in [2.24, 2.45) is 11.8 Å². The number of aromatic nitrogens is 1. The van der Waals surface area contributed by atoms with Gasteiger partial charge in [-0.1, -0.05) is 50.6 Å². The van der Waals surface area contributed by atoms with E-state index < -0.39 is 40.1 Å². The molecule has 0 aliphatic carbocycles. The van der Waals surface area contributed by atoms with Crippen molar-refractivity contribution >= 4 is 43.6 Å². The molecule has 0 saturated carbocycles. The van der Waals surface area contributed by atoms with Gasteiger partial charge < -0.3 is 19.9 Å². The van der Waals surface area contributed by atoms with Gasteiger partial charge in [0.2, 0.25) is 10.0 Å². The van der Waals surface area contributed by atoms with Gasteiger partial charge in [-0.05, 0) is 43.0 Å². The summed E-state index contributed by atoms with van der Waals surface area (Å²) in [7, 11) is -2.73. The smallest absolute Gasteiger partial charge is 0.407 e. The zero-order valence-electron chi connectivity index (χ0n) is 23.1. The normalized spacial score (nSPS) is 14.8. The molecule has 12 heteroatoms. The van der Waals surface area contributed by atoms with Crippen LogP contribution in [0.4, 0.5) is 4.79 Å². The molecule has 1 aromatic heterocycles. The molecule has 0 aliphatic rings. The lowest BCUT2D eigenvalue weighted by molar-refractivity contribution is -0.146. The molecule has 0 unspecified atom stereocenters. The van der Waals surface area contributed by atoms with Crippen LogP contribution in [0.1, 0.15) is 32.8 Å². The van der Waals surface area contributed by atoms with Crippen LogP contribution in [-0.4, -0.2) is 73.8 Å². The van der Waals surface area contributed by atoms with Gasteiger partial charge in [0.05, 0.1) is 45.8 Å². The number of aliphatic hydroxyl groups is 1. The van der Waals surface area contributed by atoms with Crippen molar-refractivity contribution in [2.75, 3.05) is 26.8 Å². The van der Waals surface area contributed by atoms with Crippen molar-refractivity contribution in [1.82, 2.24) is 14.6 Å². The highest BCUT2D eigenvalue weighted by Gasteiger charge is 2.32. The number of methoxy groups -OCH3 is 1. The first-order chi connectivity index (χ1) is 19.0. The van der Waals surface area contributed by atoms with Gasteiger partial charge >= 0.3 is 12.1 Å². The predicted octanol–water partition coefficient (Wildman–Crippen LogP) is 3.84. The van der Waals surface area contributed by atoms with Crippen molar-refractivity contribution in [1.29, 1.82) is 0 Å². The molecule has 0 saturated heterocycles. The van der Waals surface area contributed by atoms with Crippen LogP contribution in [0, 0.1) is 11.8 Å². The fourth-order valence-corrected chi connectivity index (χ4v) is 6.44. The van der Waals surface area contributed by atoms with E-state index >= 15 is 0 Å². The van der Waals surface area contributed by atoms with E-state index in [1.165, 1.54) is 28.8 Å². The van der Waals surface area contributed by atoms with Crippen LogP contribution in [0.25, 0.3) is 10.2 Å². The van der Waals surface area contributed by atoms with E-state index in [0.717, 1.165) is 16.7 Å². The molecule has 10 nitrogen and oxygen atoms in total. The van der Waals surface area contributed by atoms with Crippen LogP contribution in [0.5, 0.6) is 0 Å². The van der Waals surface area contributed by atoms with E-state index in [1.807, 2.05) is 44.2 Å². The molecule has 0 bridgehead atoms. The second-order valence-corrected chi connectivity index (χ2v) is 12.7. The van der Waals surface area contributed by atoms with Gasteiger partial charge in [-0.15, -0.1) is 11.3 Å². The van der Waals surface area contributed by atoms with Gasteiger partial charge in [0.1, 0.15) is 6.61 Å². The maximum atomic E-state index is 13.8. The van der Waals surface area contributed by atoms with E-state index in [4.69, 9.17) is 4.74 Å². The predicted molar refractivity (Wildman–Crippen MR) is 153 cm³/mol. The molecule has 4 atom stereocenters. The first kappa shape index (κ1) is 31.5. The van der Waals surface area contributed by atoms with E-state index in [0.29, 0.717) is 5.52 Å². The van der Waals surface area contributed by atoms with Gasteiger partial charge in [0.15, 0.2) is 0 Å². The number of alkyl carbamates (subject to hydrolysis) is 1. The van der Waals surface area contributed by atoms with Crippen LogP contribution in [-0.2, 0) is 30.7 Å². The summed E-state index contributed by atoms with van der Waals surface area (Å²) < 4.78 is 39.5. The summed E-state index contributed by atoms with van der Waals surface area (Å²) in [5.74, 6) is -1.16. The molecular weight excluding hydrogens is 554 g/mol. The summed E-state index contributed by atoms with van der Waals surface area (Å²) in [6, 6.07) is 13.1. The number of sulfonamides is 1. The average molecular weight is 592 g/mol. The molecule has 1 heterocycles. The summed E-state index contributed by atoms with van der Waals surface area (Å²) >= 11 is 1.35. The van der Waals surface area contributed by atoms with E-state index in [1.54, 1.807) is 24.6 Å². The molecular formula is C28H37N3O7S2. The first-order valence-electron chi connectivity index (χ1n) is 13.1. The van der Waals surface area contributed by atoms with E-state index in [9.17, 15) is 23.1 Å². The summed E-state index contributed by atoms with van der Waals surface area (Å²) in [4.78, 5) is 28.7. The summed E-state index contributed by atoms with van der Waals surface area (Å²) in [5, 5.41) is 14.0. The van der Waals surface area contributed by atoms with Gasteiger partial charge in [0, 0.05) is 13.1 Å². The highest BCUT2D eigenvalue weighted by molar-refractivity contribution is 7.89. The minimum absolute atomic E-state index is 0.0272. The Kier molecular flexibility index (Phi) is 11.4. The number of esters is 1. The largest absolute Gasteiger partial charge is 0.469 e. The Morgan fingerprint density at radius 3 is 2.52 bits per heavy atom. The first-order valence-corrected chi connectivity index (χ1v) is 15.4. The molecule has 2 N–H and O–H groups in total. The molecule has 0 spiro atoms. The fraction of sp³-hybridized carbons (Fsp3) is 0.464. The third-order valence-corrected chi connectivity index (χ3v) is 9.30.